The van der Waals surface area contributed by atoms with Crippen molar-refractivity contribution in [2.24, 2.45) is 10.2 Å². The number of hydrogen-bond acceptors (Lipinski definition) is 6. The van der Waals surface area contributed by atoms with Gasteiger partial charge in [-0.15, -0.1) is 0 Å². The van der Waals surface area contributed by atoms with Crippen LogP contribution in [0.3, 0.4) is 0 Å². The number of nitrogens with zero attached hydrogens (tertiary/aromatic N) is 6. The number of hydrazone groups is 1. The van der Waals surface area contributed by atoms with Crippen molar-refractivity contribution in [3.8, 4) is 0 Å². The second kappa shape index (κ2) is 7.69. The lowest BCUT2D eigenvalue weighted by Gasteiger charge is -2.22. The van der Waals surface area contributed by atoms with E-state index in [0.717, 1.165) is 23.9 Å². The molecule has 2 aromatic carbocycles. The van der Waals surface area contributed by atoms with Crippen molar-refractivity contribution in [1.29, 1.82) is 0 Å². The molecule has 0 atom stereocenters. The molecule has 10 nitrogen and oxygen atoms in total. The van der Waals surface area contributed by atoms with Crippen molar-refractivity contribution in [1.82, 2.24) is 4.57 Å². The standard InChI is InChI=1S/C20H17N7O3/c1-12(22-23-14-7-9-15(10-8-14)27(29)30)17-18(24-25-21)16-6-2-4-13-5-3-11-26(19(13)16)20(17)28/h2,4,6-10,23H,3,5,11H2,1H3/b22-12+. The van der Waals surface area contributed by atoms with Gasteiger partial charge >= 0.3 is 0 Å². The second-order valence-corrected chi connectivity index (χ2v) is 6.90. The molecule has 0 radical (unpaired) electrons. The fraction of sp³-hybridized carbons (Fsp3) is 0.200. The molecule has 1 N–H and O–H groups in total. The zero-order chi connectivity index (χ0) is 21.3. The van der Waals surface area contributed by atoms with Crippen LogP contribution >= 0.6 is 0 Å². The SMILES string of the molecule is C/C(=N\Nc1ccc([N+](=O)[O-])cc1)c1c(N=[N+]=[N-])c2cccc3c2n(c1=O)CCC3. The van der Waals surface area contributed by atoms with Crippen LogP contribution in [0.25, 0.3) is 21.3 Å². The topological polar surface area (TPSA) is 138 Å². The molecule has 150 valence electrons. The fourth-order valence-corrected chi connectivity index (χ4v) is 3.75. The summed E-state index contributed by atoms with van der Waals surface area (Å²) in [6.07, 6.45) is 1.71. The van der Waals surface area contributed by atoms with Crippen LogP contribution in [0.1, 0.15) is 24.5 Å². The van der Waals surface area contributed by atoms with Crippen molar-refractivity contribution in [3.05, 3.63) is 84.5 Å². The first kappa shape index (κ1) is 19.2. The lowest BCUT2D eigenvalue weighted by molar-refractivity contribution is -0.384. The molecule has 1 aliphatic heterocycles. The maximum absolute atomic E-state index is 13.3. The number of para-hydroxylation sites is 1. The number of nitro benzene ring substituents is 1. The summed E-state index contributed by atoms with van der Waals surface area (Å²) in [5, 5.41) is 19.6. The Morgan fingerprint density at radius 1 is 1.27 bits per heavy atom. The zero-order valence-electron chi connectivity index (χ0n) is 16.1. The van der Waals surface area contributed by atoms with E-state index in [9.17, 15) is 14.9 Å². The van der Waals surface area contributed by atoms with Crippen molar-refractivity contribution < 1.29 is 4.92 Å². The highest BCUT2D eigenvalue weighted by molar-refractivity contribution is 6.09. The molecule has 1 aliphatic rings. The number of nitrogens with one attached hydrogen (secondary N) is 1. The Balaban J connectivity index is 1.83. The van der Waals surface area contributed by atoms with E-state index in [-0.39, 0.29) is 22.5 Å². The lowest BCUT2D eigenvalue weighted by Crippen LogP contribution is -2.29. The number of benzene rings is 2. The first-order valence-electron chi connectivity index (χ1n) is 9.30. The number of non-ortho nitro benzene ring substituents is 1. The molecule has 0 spiro atoms. The van der Waals surface area contributed by atoms with Crippen LogP contribution in [-0.4, -0.2) is 15.2 Å². The van der Waals surface area contributed by atoms with E-state index in [2.05, 4.69) is 20.6 Å². The summed E-state index contributed by atoms with van der Waals surface area (Å²) in [6, 6.07) is 11.5. The van der Waals surface area contributed by atoms with Crippen LogP contribution in [0.2, 0.25) is 0 Å². The first-order chi connectivity index (χ1) is 14.5. The summed E-state index contributed by atoms with van der Waals surface area (Å²) in [7, 11) is 0. The third kappa shape index (κ3) is 3.25. The summed E-state index contributed by atoms with van der Waals surface area (Å²) in [6.45, 7) is 2.23. The Bertz CT molecular complexity index is 1300. The molecular formula is C20H17N7O3. The number of anilines is 1. The first-order valence-corrected chi connectivity index (χ1v) is 9.30. The van der Waals surface area contributed by atoms with E-state index in [1.54, 1.807) is 11.5 Å². The highest BCUT2D eigenvalue weighted by atomic mass is 16.6. The molecule has 30 heavy (non-hydrogen) atoms. The fourth-order valence-electron chi connectivity index (χ4n) is 3.75. The third-order valence-electron chi connectivity index (χ3n) is 5.11. The largest absolute Gasteiger partial charge is 0.307 e. The molecule has 2 heterocycles. The predicted molar refractivity (Wildman–Crippen MR) is 114 cm³/mol. The average molecular weight is 403 g/mol. The van der Waals surface area contributed by atoms with E-state index in [1.807, 2.05) is 18.2 Å². The van der Waals surface area contributed by atoms with Gasteiger partial charge in [0.05, 0.1) is 33.1 Å². The van der Waals surface area contributed by atoms with E-state index in [1.165, 1.54) is 24.3 Å². The Kier molecular flexibility index (Phi) is 4.91. The number of aromatic nitrogens is 1. The molecule has 10 heteroatoms. The van der Waals surface area contributed by atoms with E-state index in [0.29, 0.717) is 23.3 Å². The Morgan fingerprint density at radius 2 is 2.03 bits per heavy atom. The number of hydrogen-bond donors (Lipinski definition) is 1. The van der Waals surface area contributed by atoms with Crippen molar-refractivity contribution in [2.75, 3.05) is 5.43 Å². The summed E-state index contributed by atoms with van der Waals surface area (Å²) in [5.41, 5.74) is 14.8. The van der Waals surface area contributed by atoms with E-state index in [4.69, 9.17) is 5.53 Å². The molecule has 0 bridgehead atoms. The van der Waals surface area contributed by atoms with Crippen molar-refractivity contribution in [2.45, 2.75) is 26.3 Å². The molecule has 0 saturated heterocycles. The van der Waals surface area contributed by atoms with Gasteiger partial charge in [-0.05, 0) is 43.0 Å². The van der Waals surface area contributed by atoms with Gasteiger partial charge in [0.25, 0.3) is 11.2 Å². The van der Waals surface area contributed by atoms with Gasteiger partial charge in [0.2, 0.25) is 0 Å². The van der Waals surface area contributed by atoms with Crippen LogP contribution in [0.4, 0.5) is 17.1 Å². The monoisotopic (exact) mass is 403 g/mol. The van der Waals surface area contributed by atoms with Crippen LogP contribution < -0.4 is 11.0 Å². The summed E-state index contributed by atoms with van der Waals surface area (Å²) < 4.78 is 1.71. The second-order valence-electron chi connectivity index (χ2n) is 6.90. The molecule has 0 unspecified atom stereocenters. The minimum absolute atomic E-state index is 0.0328. The molecule has 4 rings (SSSR count). The normalized spacial score (nSPS) is 13.0. The lowest BCUT2D eigenvalue weighted by atomic mass is 9.97. The van der Waals surface area contributed by atoms with Gasteiger partial charge < -0.3 is 4.57 Å². The number of pyridine rings is 1. The molecule has 0 aliphatic carbocycles. The number of nitro groups is 1. The average Bonchev–Trinajstić information content (AvgIpc) is 2.76. The Morgan fingerprint density at radius 3 is 2.73 bits per heavy atom. The summed E-state index contributed by atoms with van der Waals surface area (Å²) in [5.74, 6) is 0. The summed E-state index contributed by atoms with van der Waals surface area (Å²) in [4.78, 5) is 26.5. The maximum Gasteiger partial charge on any atom is 0.269 e. The maximum atomic E-state index is 13.3. The smallest absolute Gasteiger partial charge is 0.269 e. The van der Waals surface area contributed by atoms with Gasteiger partial charge in [0.15, 0.2) is 0 Å². The van der Waals surface area contributed by atoms with Crippen LogP contribution in [0.5, 0.6) is 0 Å². The van der Waals surface area contributed by atoms with Gasteiger partial charge in [-0.3, -0.25) is 20.3 Å². The van der Waals surface area contributed by atoms with Gasteiger partial charge in [0, 0.05) is 29.0 Å². The van der Waals surface area contributed by atoms with Gasteiger partial charge in [-0.2, -0.15) is 5.10 Å². The number of rotatable bonds is 5. The minimum Gasteiger partial charge on any atom is -0.307 e. The number of azide groups is 1. The minimum atomic E-state index is -0.486. The van der Waals surface area contributed by atoms with Crippen molar-refractivity contribution >= 4 is 33.7 Å². The highest BCUT2D eigenvalue weighted by Crippen LogP contribution is 2.33. The van der Waals surface area contributed by atoms with E-state index >= 15 is 0 Å². The molecular weight excluding hydrogens is 386 g/mol. The molecule has 0 fully saturated rings. The zero-order valence-corrected chi connectivity index (χ0v) is 16.1. The predicted octanol–water partition coefficient (Wildman–Crippen LogP) is 4.63. The van der Waals surface area contributed by atoms with Gasteiger partial charge in [-0.25, -0.2) is 0 Å². The molecule has 0 saturated carbocycles. The van der Waals surface area contributed by atoms with Crippen molar-refractivity contribution in [3.63, 3.8) is 0 Å². The molecule has 1 aromatic heterocycles. The van der Waals surface area contributed by atoms with E-state index < -0.39 is 4.92 Å². The quantitative estimate of drug-likeness (QED) is 0.166. The summed E-state index contributed by atoms with van der Waals surface area (Å²) >= 11 is 0. The molecule has 0 amide bonds. The third-order valence-corrected chi connectivity index (χ3v) is 5.11. The van der Waals surface area contributed by atoms with Gasteiger partial charge in [0.1, 0.15) is 0 Å². The van der Waals surface area contributed by atoms with Crippen LogP contribution in [-0.2, 0) is 13.0 Å². The van der Waals surface area contributed by atoms with Gasteiger partial charge in [-0.1, -0.05) is 23.3 Å². The van der Waals surface area contributed by atoms with Crippen LogP contribution in [0.15, 0.2) is 57.5 Å². The Labute approximate surface area is 170 Å². The van der Waals surface area contributed by atoms with Crippen LogP contribution in [0, 0.1) is 10.1 Å². The Hall–Kier alpha value is -4.17. The molecule has 3 aromatic rings. The number of aryl methyl sites for hydroxylation is 2. The highest BCUT2D eigenvalue weighted by Gasteiger charge is 2.22.